The van der Waals surface area contributed by atoms with Crippen molar-refractivity contribution in [2.24, 2.45) is 10.7 Å². The molecular weight excluding hydrogens is 268 g/mol. The van der Waals surface area contributed by atoms with Gasteiger partial charge in [0.2, 0.25) is 0 Å². The first kappa shape index (κ1) is 13.6. The van der Waals surface area contributed by atoms with E-state index in [-0.39, 0.29) is 0 Å². The number of nitrogens with two attached hydrogens (primary N) is 1. The van der Waals surface area contributed by atoms with Crippen molar-refractivity contribution in [1.29, 1.82) is 0 Å². The molecule has 7 heteroatoms. The Kier molecular flexibility index (Phi) is 4.11. The van der Waals surface area contributed by atoms with Crippen LogP contribution in [0.1, 0.15) is 5.56 Å². The van der Waals surface area contributed by atoms with Gasteiger partial charge in [0.25, 0.3) is 0 Å². The molecule has 2 aromatic rings. The Morgan fingerprint density at radius 1 is 1.38 bits per heavy atom. The van der Waals surface area contributed by atoms with Crippen molar-refractivity contribution < 1.29 is 4.74 Å². The SMILES string of the molecule is NC(=NCc1cccc(-c2ncn[nH]2)c1)N1CCOCC1. The molecule has 0 saturated carbocycles. The van der Waals surface area contributed by atoms with Crippen LogP contribution < -0.4 is 5.73 Å². The summed E-state index contributed by atoms with van der Waals surface area (Å²) in [5.41, 5.74) is 8.10. The van der Waals surface area contributed by atoms with E-state index in [1.165, 1.54) is 6.33 Å². The van der Waals surface area contributed by atoms with Crippen molar-refractivity contribution in [1.82, 2.24) is 20.1 Å². The Labute approximate surface area is 122 Å². The molecule has 0 amide bonds. The Bertz CT molecular complexity index is 604. The molecule has 1 saturated heterocycles. The van der Waals surface area contributed by atoms with Crippen molar-refractivity contribution in [2.75, 3.05) is 26.3 Å². The number of ether oxygens (including phenoxy) is 1. The average molecular weight is 286 g/mol. The van der Waals surface area contributed by atoms with E-state index in [9.17, 15) is 0 Å². The summed E-state index contributed by atoms with van der Waals surface area (Å²) in [5, 5.41) is 6.71. The van der Waals surface area contributed by atoms with Crippen LogP contribution in [-0.2, 0) is 11.3 Å². The number of aromatic nitrogens is 3. The van der Waals surface area contributed by atoms with Gasteiger partial charge in [-0.15, -0.1) is 0 Å². The molecule has 1 aliphatic heterocycles. The second kappa shape index (κ2) is 6.36. The molecule has 0 bridgehead atoms. The molecule has 3 rings (SSSR count). The molecule has 0 radical (unpaired) electrons. The van der Waals surface area contributed by atoms with Gasteiger partial charge < -0.3 is 15.4 Å². The third-order valence-corrected chi connectivity index (χ3v) is 3.37. The zero-order chi connectivity index (χ0) is 14.5. The Balaban J connectivity index is 1.68. The van der Waals surface area contributed by atoms with E-state index in [4.69, 9.17) is 10.5 Å². The van der Waals surface area contributed by atoms with Crippen LogP contribution in [0.25, 0.3) is 11.4 Å². The van der Waals surface area contributed by atoms with Crippen LogP contribution in [0.15, 0.2) is 35.6 Å². The molecule has 0 spiro atoms. The van der Waals surface area contributed by atoms with Crippen molar-refractivity contribution in [3.63, 3.8) is 0 Å². The number of aromatic amines is 1. The fourth-order valence-corrected chi connectivity index (χ4v) is 2.23. The van der Waals surface area contributed by atoms with E-state index >= 15 is 0 Å². The van der Waals surface area contributed by atoms with Crippen LogP contribution >= 0.6 is 0 Å². The molecule has 7 nitrogen and oxygen atoms in total. The predicted octanol–water partition coefficient (Wildman–Crippen LogP) is 0.619. The number of aliphatic imine (C=N–C) groups is 1. The highest BCUT2D eigenvalue weighted by molar-refractivity contribution is 5.78. The van der Waals surface area contributed by atoms with E-state index in [0.717, 1.165) is 30.0 Å². The first-order valence-corrected chi connectivity index (χ1v) is 6.90. The Morgan fingerprint density at radius 2 is 2.24 bits per heavy atom. The summed E-state index contributed by atoms with van der Waals surface area (Å²) in [6, 6.07) is 8.03. The summed E-state index contributed by atoms with van der Waals surface area (Å²) in [6.45, 7) is 3.56. The topological polar surface area (TPSA) is 92.4 Å². The lowest BCUT2D eigenvalue weighted by Crippen LogP contribution is -2.44. The molecule has 0 atom stereocenters. The van der Waals surface area contributed by atoms with Gasteiger partial charge in [-0.3, -0.25) is 5.10 Å². The Morgan fingerprint density at radius 3 is 3.00 bits per heavy atom. The fraction of sp³-hybridized carbons (Fsp3) is 0.357. The number of rotatable bonds is 3. The largest absolute Gasteiger partial charge is 0.378 e. The van der Waals surface area contributed by atoms with Gasteiger partial charge >= 0.3 is 0 Å². The van der Waals surface area contributed by atoms with Crippen LogP contribution in [0.5, 0.6) is 0 Å². The van der Waals surface area contributed by atoms with E-state index in [1.54, 1.807) is 0 Å². The molecule has 2 heterocycles. The van der Waals surface area contributed by atoms with Crippen LogP contribution in [0.4, 0.5) is 0 Å². The molecule has 0 unspecified atom stereocenters. The molecule has 0 aliphatic carbocycles. The molecule has 21 heavy (non-hydrogen) atoms. The molecule has 1 aromatic heterocycles. The smallest absolute Gasteiger partial charge is 0.191 e. The summed E-state index contributed by atoms with van der Waals surface area (Å²) in [7, 11) is 0. The van der Waals surface area contributed by atoms with Crippen molar-refractivity contribution >= 4 is 5.96 Å². The van der Waals surface area contributed by atoms with Gasteiger partial charge in [-0.05, 0) is 11.6 Å². The van der Waals surface area contributed by atoms with Crippen molar-refractivity contribution in [3.05, 3.63) is 36.2 Å². The summed E-state index contributed by atoms with van der Waals surface area (Å²) < 4.78 is 5.30. The highest BCUT2D eigenvalue weighted by Crippen LogP contribution is 2.16. The van der Waals surface area contributed by atoms with Gasteiger partial charge in [0, 0.05) is 18.7 Å². The number of hydrogen-bond donors (Lipinski definition) is 2. The first-order valence-electron chi connectivity index (χ1n) is 6.90. The highest BCUT2D eigenvalue weighted by atomic mass is 16.5. The number of benzene rings is 1. The van der Waals surface area contributed by atoms with E-state index in [2.05, 4.69) is 20.2 Å². The van der Waals surface area contributed by atoms with Gasteiger partial charge in [-0.25, -0.2) is 9.98 Å². The van der Waals surface area contributed by atoms with E-state index in [1.807, 2.05) is 29.2 Å². The normalized spacial score (nSPS) is 16.2. The zero-order valence-corrected chi connectivity index (χ0v) is 11.7. The van der Waals surface area contributed by atoms with E-state index in [0.29, 0.717) is 25.7 Å². The van der Waals surface area contributed by atoms with Gasteiger partial charge in [0.15, 0.2) is 11.8 Å². The standard InChI is InChI=1S/C14H18N6O/c15-14(20-4-6-21-7-5-20)16-9-11-2-1-3-12(8-11)13-17-10-18-19-13/h1-3,8,10H,4-7,9H2,(H2,15,16)(H,17,18,19). The number of guanidine groups is 1. The predicted molar refractivity (Wildman–Crippen MR) is 79.5 cm³/mol. The monoisotopic (exact) mass is 286 g/mol. The minimum absolute atomic E-state index is 0.547. The number of morpholine rings is 1. The molecular formula is C14H18N6O. The van der Waals surface area contributed by atoms with E-state index < -0.39 is 0 Å². The maximum absolute atomic E-state index is 6.02. The molecule has 3 N–H and O–H groups in total. The van der Waals surface area contributed by atoms with Crippen LogP contribution in [0.2, 0.25) is 0 Å². The van der Waals surface area contributed by atoms with Crippen LogP contribution in [0, 0.1) is 0 Å². The Hall–Kier alpha value is -2.41. The first-order chi connectivity index (χ1) is 10.3. The minimum atomic E-state index is 0.547. The lowest BCUT2D eigenvalue weighted by atomic mass is 10.1. The second-order valence-corrected chi connectivity index (χ2v) is 4.81. The highest BCUT2D eigenvalue weighted by Gasteiger charge is 2.11. The summed E-state index contributed by atoms with van der Waals surface area (Å²) in [6.07, 6.45) is 1.50. The van der Waals surface area contributed by atoms with Crippen LogP contribution in [0.3, 0.4) is 0 Å². The van der Waals surface area contributed by atoms with Gasteiger partial charge in [0.05, 0.1) is 19.8 Å². The third-order valence-electron chi connectivity index (χ3n) is 3.37. The molecule has 110 valence electrons. The zero-order valence-electron chi connectivity index (χ0n) is 11.7. The quantitative estimate of drug-likeness (QED) is 0.637. The number of nitrogens with zero attached hydrogens (tertiary/aromatic N) is 4. The minimum Gasteiger partial charge on any atom is -0.378 e. The van der Waals surface area contributed by atoms with Crippen molar-refractivity contribution in [2.45, 2.75) is 6.54 Å². The summed E-state index contributed by atoms with van der Waals surface area (Å²) >= 11 is 0. The third kappa shape index (κ3) is 3.38. The summed E-state index contributed by atoms with van der Waals surface area (Å²) in [5.74, 6) is 1.32. The van der Waals surface area contributed by atoms with Gasteiger partial charge in [-0.1, -0.05) is 18.2 Å². The second-order valence-electron chi connectivity index (χ2n) is 4.81. The lowest BCUT2D eigenvalue weighted by molar-refractivity contribution is 0.0674. The maximum Gasteiger partial charge on any atom is 0.191 e. The number of hydrogen-bond acceptors (Lipinski definition) is 4. The number of H-pyrrole nitrogens is 1. The maximum atomic E-state index is 6.02. The van der Waals surface area contributed by atoms with Crippen molar-refractivity contribution in [3.8, 4) is 11.4 Å². The molecule has 1 aromatic carbocycles. The lowest BCUT2D eigenvalue weighted by Gasteiger charge is -2.27. The van der Waals surface area contributed by atoms with Gasteiger partial charge in [-0.2, -0.15) is 5.10 Å². The van der Waals surface area contributed by atoms with Crippen LogP contribution in [-0.4, -0.2) is 52.3 Å². The summed E-state index contributed by atoms with van der Waals surface area (Å²) in [4.78, 5) is 10.7. The fourth-order valence-electron chi connectivity index (χ4n) is 2.23. The molecule has 1 aliphatic rings. The van der Waals surface area contributed by atoms with Gasteiger partial charge in [0.1, 0.15) is 6.33 Å². The number of nitrogens with one attached hydrogen (secondary N) is 1. The molecule has 1 fully saturated rings. The average Bonchev–Trinajstić information content (AvgIpc) is 3.08.